The molecule has 0 amide bonds. The van der Waals surface area contributed by atoms with Crippen molar-refractivity contribution in [2.45, 2.75) is 29.5 Å². The summed E-state index contributed by atoms with van der Waals surface area (Å²) in [6.07, 6.45) is 0.864. The topological polar surface area (TPSA) is 103 Å². The normalized spacial score (nSPS) is 18.7. The molecule has 1 aromatic heterocycles. The number of benzene rings is 1. The fraction of sp³-hybridized carbons (Fsp3) is 0.474. The van der Waals surface area contributed by atoms with Crippen molar-refractivity contribution in [1.29, 1.82) is 0 Å². The molecular formula is C19H22F2N4O5S2. The number of thioether (sulfide) groups is 1. The van der Waals surface area contributed by atoms with Crippen molar-refractivity contribution in [2.75, 3.05) is 38.1 Å². The molecule has 0 radical (unpaired) electrons. The zero-order valence-electron chi connectivity index (χ0n) is 17.2. The van der Waals surface area contributed by atoms with E-state index in [9.17, 15) is 17.2 Å². The molecule has 174 valence electrons. The van der Waals surface area contributed by atoms with E-state index >= 15 is 0 Å². The Labute approximate surface area is 188 Å². The Kier molecular flexibility index (Phi) is 6.81. The highest BCUT2D eigenvalue weighted by atomic mass is 32.2. The smallest absolute Gasteiger partial charge is 0.302 e. The lowest BCUT2D eigenvalue weighted by Crippen LogP contribution is -2.48. The van der Waals surface area contributed by atoms with E-state index in [4.69, 9.17) is 14.2 Å². The number of anilines is 1. The number of methoxy groups -OCH3 is 1. The van der Waals surface area contributed by atoms with Gasteiger partial charge in [-0.3, -0.25) is 4.72 Å². The molecule has 32 heavy (non-hydrogen) atoms. The van der Waals surface area contributed by atoms with Gasteiger partial charge in [-0.2, -0.15) is 17.7 Å². The largest absolute Gasteiger partial charge is 0.481 e. The summed E-state index contributed by atoms with van der Waals surface area (Å²) < 4.78 is 73.2. The minimum absolute atomic E-state index is 0.00715. The summed E-state index contributed by atoms with van der Waals surface area (Å²) in [5.74, 6) is -2.39. The summed E-state index contributed by atoms with van der Waals surface area (Å²) >= 11 is 1.02. The zero-order chi connectivity index (χ0) is 22.8. The molecule has 3 heterocycles. The van der Waals surface area contributed by atoms with Gasteiger partial charge in [0.25, 0.3) is 0 Å². The average Bonchev–Trinajstić information content (AvgIpc) is 3.22. The maximum absolute atomic E-state index is 13.9. The number of nitrogens with zero attached hydrogens (tertiary/aromatic N) is 3. The Morgan fingerprint density at radius 3 is 2.62 bits per heavy atom. The van der Waals surface area contributed by atoms with E-state index < -0.39 is 27.6 Å². The first-order chi connectivity index (χ1) is 15.3. The lowest BCUT2D eigenvalue weighted by molar-refractivity contribution is -0.179. The molecule has 2 saturated heterocycles. The van der Waals surface area contributed by atoms with Crippen LogP contribution in [-0.4, -0.2) is 61.9 Å². The van der Waals surface area contributed by atoms with Gasteiger partial charge in [-0.25, -0.2) is 13.8 Å². The van der Waals surface area contributed by atoms with E-state index in [1.807, 2.05) is 0 Å². The molecule has 2 aliphatic heterocycles. The Morgan fingerprint density at radius 1 is 1.22 bits per heavy atom. The van der Waals surface area contributed by atoms with Gasteiger partial charge in [-0.15, -0.1) is 0 Å². The van der Waals surface area contributed by atoms with Crippen molar-refractivity contribution < 1.29 is 31.4 Å². The highest BCUT2D eigenvalue weighted by molar-refractivity contribution is 7.98. The van der Waals surface area contributed by atoms with E-state index in [0.717, 1.165) is 17.8 Å². The van der Waals surface area contributed by atoms with Crippen LogP contribution in [0.2, 0.25) is 0 Å². The van der Waals surface area contributed by atoms with Crippen molar-refractivity contribution in [1.82, 2.24) is 14.3 Å². The van der Waals surface area contributed by atoms with Gasteiger partial charge in [0.05, 0.1) is 20.3 Å². The van der Waals surface area contributed by atoms with Crippen LogP contribution in [0.25, 0.3) is 0 Å². The van der Waals surface area contributed by atoms with Gasteiger partial charge in [-0.1, -0.05) is 23.9 Å². The molecule has 2 aliphatic rings. The molecule has 9 nitrogen and oxygen atoms in total. The summed E-state index contributed by atoms with van der Waals surface area (Å²) in [5, 5.41) is 0.149. The Bertz CT molecular complexity index is 1070. The minimum atomic E-state index is -3.90. The highest BCUT2D eigenvalue weighted by Crippen LogP contribution is 2.32. The SMILES string of the molecule is COc1cc(NS(=O)(=O)N2CCC3(CC2)OCCO3)nc(SCc2cccc(F)c2F)n1. The van der Waals surface area contributed by atoms with Crippen LogP contribution in [0.15, 0.2) is 29.4 Å². The lowest BCUT2D eigenvalue weighted by Gasteiger charge is -2.36. The molecule has 0 unspecified atom stereocenters. The van der Waals surface area contributed by atoms with Crippen LogP contribution >= 0.6 is 11.8 Å². The van der Waals surface area contributed by atoms with Gasteiger partial charge in [0.1, 0.15) is 5.82 Å². The molecule has 13 heteroatoms. The summed E-state index contributed by atoms with van der Waals surface area (Å²) in [5.41, 5.74) is 0.141. The van der Waals surface area contributed by atoms with Gasteiger partial charge in [0, 0.05) is 43.3 Å². The van der Waals surface area contributed by atoms with Crippen molar-refractivity contribution in [3.05, 3.63) is 41.5 Å². The molecule has 0 aliphatic carbocycles. The van der Waals surface area contributed by atoms with Crippen molar-refractivity contribution in [3.8, 4) is 5.88 Å². The quantitative estimate of drug-likeness (QED) is 0.469. The molecule has 0 saturated carbocycles. The number of hydrogen-bond donors (Lipinski definition) is 1. The predicted octanol–water partition coefficient (Wildman–Crippen LogP) is 2.55. The molecular weight excluding hydrogens is 466 g/mol. The van der Waals surface area contributed by atoms with Crippen LogP contribution in [0.5, 0.6) is 5.88 Å². The van der Waals surface area contributed by atoms with Crippen molar-refractivity contribution in [3.63, 3.8) is 0 Å². The number of aromatic nitrogens is 2. The Balaban J connectivity index is 1.45. The average molecular weight is 489 g/mol. The lowest BCUT2D eigenvalue weighted by atomic mass is 10.1. The van der Waals surface area contributed by atoms with Gasteiger partial charge in [0.2, 0.25) is 5.88 Å². The predicted molar refractivity (Wildman–Crippen MR) is 112 cm³/mol. The van der Waals surface area contributed by atoms with E-state index in [1.54, 1.807) is 0 Å². The summed E-state index contributed by atoms with van der Waals surface area (Å²) in [4.78, 5) is 8.33. The van der Waals surface area contributed by atoms with Gasteiger partial charge in [0.15, 0.2) is 22.6 Å². The molecule has 2 aromatic rings. The molecule has 0 atom stereocenters. The Morgan fingerprint density at radius 2 is 1.94 bits per heavy atom. The van der Waals surface area contributed by atoms with Gasteiger partial charge in [-0.05, 0) is 6.07 Å². The van der Waals surface area contributed by atoms with Crippen LogP contribution in [0.1, 0.15) is 18.4 Å². The van der Waals surface area contributed by atoms with Crippen LogP contribution in [0, 0.1) is 11.6 Å². The Hall–Kier alpha value is -2.06. The van der Waals surface area contributed by atoms with Crippen LogP contribution in [0.4, 0.5) is 14.6 Å². The second kappa shape index (κ2) is 9.43. The zero-order valence-corrected chi connectivity index (χ0v) is 18.8. The third-order valence-corrected chi connectivity index (χ3v) is 7.56. The third-order valence-electron chi connectivity index (χ3n) is 5.15. The minimum Gasteiger partial charge on any atom is -0.481 e. The number of hydrogen-bond acceptors (Lipinski definition) is 8. The molecule has 2 fully saturated rings. The van der Waals surface area contributed by atoms with Crippen molar-refractivity contribution >= 4 is 27.8 Å². The summed E-state index contributed by atoms with van der Waals surface area (Å²) in [6.45, 7) is 1.48. The second-order valence-corrected chi connectivity index (χ2v) is 9.81. The molecule has 1 spiro atoms. The van der Waals surface area contributed by atoms with E-state index in [0.29, 0.717) is 26.1 Å². The summed E-state index contributed by atoms with van der Waals surface area (Å²) in [6, 6.07) is 5.24. The van der Waals surface area contributed by atoms with E-state index in [-0.39, 0.29) is 41.3 Å². The number of ether oxygens (including phenoxy) is 3. The first kappa shape index (κ1) is 23.1. The van der Waals surface area contributed by atoms with Crippen LogP contribution < -0.4 is 9.46 Å². The third kappa shape index (κ3) is 5.12. The van der Waals surface area contributed by atoms with Gasteiger partial charge >= 0.3 is 10.2 Å². The second-order valence-electron chi connectivity index (χ2n) is 7.19. The first-order valence-corrected chi connectivity index (χ1v) is 12.3. The standard InChI is InChI=1S/C19H22F2N4O5S2/c1-28-16-11-15(22-18(23-16)31-12-13-3-2-4-14(20)17(13)21)24-32(26,27)25-7-5-19(6-8-25)29-9-10-30-19/h2-4,11H,5-10,12H2,1H3,(H,22,23,24). The maximum atomic E-state index is 13.9. The fourth-order valence-corrected chi connectivity index (χ4v) is 5.46. The van der Waals surface area contributed by atoms with E-state index in [2.05, 4.69) is 14.7 Å². The molecule has 0 bridgehead atoms. The number of piperidine rings is 1. The van der Waals surface area contributed by atoms with Crippen LogP contribution in [-0.2, 0) is 25.4 Å². The van der Waals surface area contributed by atoms with Crippen LogP contribution in [0.3, 0.4) is 0 Å². The maximum Gasteiger partial charge on any atom is 0.302 e. The number of rotatable bonds is 7. The molecule has 1 N–H and O–H groups in total. The van der Waals surface area contributed by atoms with Crippen molar-refractivity contribution in [2.24, 2.45) is 0 Å². The highest BCUT2D eigenvalue weighted by Gasteiger charge is 2.42. The number of nitrogens with one attached hydrogen (secondary N) is 1. The molecule has 4 rings (SSSR count). The fourth-order valence-electron chi connectivity index (χ4n) is 3.48. The molecule has 1 aromatic carbocycles. The first-order valence-electron chi connectivity index (χ1n) is 9.85. The van der Waals surface area contributed by atoms with E-state index in [1.165, 1.54) is 29.6 Å². The van der Waals surface area contributed by atoms with Gasteiger partial charge < -0.3 is 14.2 Å². The monoisotopic (exact) mass is 488 g/mol. The summed E-state index contributed by atoms with van der Waals surface area (Å²) in [7, 11) is -2.51. The number of halogens is 2.